The van der Waals surface area contributed by atoms with Crippen molar-refractivity contribution >= 4 is 22.9 Å². The van der Waals surface area contributed by atoms with E-state index in [9.17, 15) is 9.59 Å². The molecule has 2 N–H and O–H groups in total. The van der Waals surface area contributed by atoms with Crippen LogP contribution >= 0.6 is 0 Å². The molecule has 152 valence electrons. The lowest BCUT2D eigenvalue weighted by atomic mass is 9.98. The Bertz CT molecular complexity index is 771. The average molecular weight is 386 g/mol. The number of piperidine rings is 1. The second kappa shape index (κ2) is 9.13. The number of urea groups is 1. The van der Waals surface area contributed by atoms with E-state index in [0.29, 0.717) is 13.1 Å². The molecular weight excluding hydrogens is 354 g/mol. The lowest BCUT2D eigenvalue weighted by molar-refractivity contribution is -0.136. The Morgan fingerprint density at radius 1 is 1.18 bits per heavy atom. The molecule has 28 heavy (non-hydrogen) atoms. The van der Waals surface area contributed by atoms with Crippen molar-refractivity contribution in [3.05, 3.63) is 36.1 Å². The molecule has 0 aliphatic carbocycles. The Labute approximate surface area is 166 Å². The summed E-state index contributed by atoms with van der Waals surface area (Å²) < 4.78 is 5.82. The Balaban J connectivity index is 1.47. The van der Waals surface area contributed by atoms with Gasteiger partial charge in [0.25, 0.3) is 0 Å². The number of hydrogen-bond donors (Lipinski definition) is 2. The van der Waals surface area contributed by atoms with E-state index < -0.39 is 0 Å². The van der Waals surface area contributed by atoms with Crippen molar-refractivity contribution in [3.63, 3.8) is 0 Å². The summed E-state index contributed by atoms with van der Waals surface area (Å²) in [5, 5.41) is 7.02. The predicted molar refractivity (Wildman–Crippen MR) is 110 cm³/mol. The van der Waals surface area contributed by atoms with Gasteiger partial charge in [-0.25, -0.2) is 4.79 Å². The molecule has 2 heterocycles. The Kier molecular flexibility index (Phi) is 6.60. The van der Waals surface area contributed by atoms with Crippen LogP contribution in [0.1, 0.15) is 58.3 Å². The van der Waals surface area contributed by atoms with Crippen molar-refractivity contribution in [2.45, 2.75) is 58.5 Å². The van der Waals surface area contributed by atoms with Crippen LogP contribution in [0.4, 0.5) is 4.79 Å². The average Bonchev–Trinajstić information content (AvgIpc) is 3.14. The molecule has 3 amide bonds. The number of para-hydroxylation sites is 1. The van der Waals surface area contributed by atoms with Crippen LogP contribution < -0.4 is 10.6 Å². The summed E-state index contributed by atoms with van der Waals surface area (Å²) in [5.41, 5.74) is 0.820. The molecule has 1 unspecified atom stereocenters. The van der Waals surface area contributed by atoms with Gasteiger partial charge < -0.3 is 20.0 Å². The van der Waals surface area contributed by atoms with Crippen molar-refractivity contribution in [1.29, 1.82) is 0 Å². The van der Waals surface area contributed by atoms with Crippen molar-refractivity contribution in [2.24, 2.45) is 5.92 Å². The standard InChI is InChI=1S/C22H31N3O3/c1-4-16(5-2)21(26)25-12-10-18(11-13-25)24-22(27)23-15(3)20-14-17-8-6-7-9-19(17)28-20/h6-9,14-16,18H,4-5,10-13H2,1-3H3,(H2,23,24,27). The van der Waals surface area contributed by atoms with Gasteiger partial charge in [0.05, 0.1) is 6.04 Å². The fraction of sp³-hybridized carbons (Fsp3) is 0.545. The molecule has 0 radical (unpaired) electrons. The van der Waals surface area contributed by atoms with E-state index in [4.69, 9.17) is 4.42 Å². The number of rotatable bonds is 6. The predicted octanol–water partition coefficient (Wildman–Crippen LogP) is 4.22. The molecule has 1 atom stereocenters. The van der Waals surface area contributed by atoms with Crippen LogP contribution in [0.25, 0.3) is 11.0 Å². The summed E-state index contributed by atoms with van der Waals surface area (Å²) >= 11 is 0. The van der Waals surface area contributed by atoms with Crippen LogP contribution in [0.15, 0.2) is 34.7 Å². The largest absolute Gasteiger partial charge is 0.459 e. The minimum atomic E-state index is -0.219. The lowest BCUT2D eigenvalue weighted by Gasteiger charge is -2.34. The molecule has 1 saturated heterocycles. The molecule has 1 aromatic carbocycles. The van der Waals surface area contributed by atoms with Crippen LogP contribution in [0.5, 0.6) is 0 Å². The number of nitrogens with zero attached hydrogens (tertiary/aromatic N) is 1. The number of carbonyl (C=O) groups is 2. The van der Waals surface area contributed by atoms with Crippen LogP contribution in [0.3, 0.4) is 0 Å². The monoisotopic (exact) mass is 385 g/mol. The first-order valence-electron chi connectivity index (χ1n) is 10.4. The van der Waals surface area contributed by atoms with E-state index in [1.54, 1.807) is 0 Å². The Hall–Kier alpha value is -2.50. The minimum Gasteiger partial charge on any atom is -0.459 e. The van der Waals surface area contributed by atoms with Crippen LogP contribution in [-0.4, -0.2) is 36.0 Å². The second-order valence-electron chi connectivity index (χ2n) is 7.64. The maximum Gasteiger partial charge on any atom is 0.315 e. The SMILES string of the molecule is CCC(CC)C(=O)N1CCC(NC(=O)NC(C)c2cc3ccccc3o2)CC1. The molecule has 2 aromatic rings. The van der Waals surface area contributed by atoms with E-state index in [0.717, 1.165) is 42.4 Å². The number of fused-ring (bicyclic) bond motifs is 1. The van der Waals surface area contributed by atoms with Crippen molar-refractivity contribution < 1.29 is 14.0 Å². The molecule has 3 rings (SSSR count). The molecule has 6 nitrogen and oxygen atoms in total. The normalized spacial score (nSPS) is 16.4. The summed E-state index contributed by atoms with van der Waals surface area (Å²) in [6.07, 6.45) is 3.35. The lowest BCUT2D eigenvalue weighted by Crippen LogP contribution is -2.50. The third kappa shape index (κ3) is 4.66. The van der Waals surface area contributed by atoms with Gasteiger partial charge in [0.15, 0.2) is 0 Å². The number of nitrogens with one attached hydrogen (secondary N) is 2. The molecule has 6 heteroatoms. The fourth-order valence-electron chi connectivity index (χ4n) is 3.85. The first-order chi connectivity index (χ1) is 13.5. The topological polar surface area (TPSA) is 74.6 Å². The van der Waals surface area contributed by atoms with Crippen LogP contribution in [0, 0.1) is 5.92 Å². The molecule has 0 saturated carbocycles. The van der Waals surface area contributed by atoms with E-state index in [-0.39, 0.29) is 29.9 Å². The molecule has 0 spiro atoms. The first-order valence-corrected chi connectivity index (χ1v) is 10.4. The van der Waals surface area contributed by atoms with E-state index in [2.05, 4.69) is 24.5 Å². The molecule has 1 fully saturated rings. The van der Waals surface area contributed by atoms with E-state index in [1.807, 2.05) is 42.2 Å². The Morgan fingerprint density at radius 3 is 2.50 bits per heavy atom. The van der Waals surface area contributed by atoms with Gasteiger partial charge in [-0.3, -0.25) is 4.79 Å². The molecular formula is C22H31N3O3. The smallest absolute Gasteiger partial charge is 0.315 e. The number of carbonyl (C=O) groups excluding carboxylic acids is 2. The first kappa shape index (κ1) is 20.2. The summed E-state index contributed by atoms with van der Waals surface area (Å²) in [5.74, 6) is 1.12. The van der Waals surface area contributed by atoms with Gasteiger partial charge in [0, 0.05) is 30.4 Å². The molecule has 1 aromatic heterocycles. The highest BCUT2D eigenvalue weighted by Crippen LogP contribution is 2.23. The highest BCUT2D eigenvalue weighted by Gasteiger charge is 2.27. The van der Waals surface area contributed by atoms with Gasteiger partial charge in [-0.15, -0.1) is 0 Å². The fourth-order valence-corrected chi connectivity index (χ4v) is 3.85. The van der Waals surface area contributed by atoms with Gasteiger partial charge in [0.1, 0.15) is 11.3 Å². The second-order valence-corrected chi connectivity index (χ2v) is 7.64. The van der Waals surface area contributed by atoms with Crippen molar-refractivity contribution in [1.82, 2.24) is 15.5 Å². The highest BCUT2D eigenvalue weighted by molar-refractivity contribution is 5.79. The number of likely N-dealkylation sites (tertiary alicyclic amines) is 1. The zero-order chi connectivity index (χ0) is 20.1. The Morgan fingerprint density at radius 2 is 1.86 bits per heavy atom. The number of furan rings is 1. The van der Waals surface area contributed by atoms with Gasteiger partial charge in [0.2, 0.25) is 5.91 Å². The summed E-state index contributed by atoms with van der Waals surface area (Å²) in [6.45, 7) is 7.45. The third-order valence-corrected chi connectivity index (χ3v) is 5.70. The number of benzene rings is 1. The van der Waals surface area contributed by atoms with Crippen LogP contribution in [0.2, 0.25) is 0 Å². The van der Waals surface area contributed by atoms with Gasteiger partial charge >= 0.3 is 6.03 Å². The maximum atomic E-state index is 12.5. The van der Waals surface area contributed by atoms with E-state index in [1.165, 1.54) is 0 Å². The molecule has 0 bridgehead atoms. The number of hydrogen-bond acceptors (Lipinski definition) is 3. The summed E-state index contributed by atoms with van der Waals surface area (Å²) in [7, 11) is 0. The van der Waals surface area contributed by atoms with Crippen molar-refractivity contribution in [2.75, 3.05) is 13.1 Å². The van der Waals surface area contributed by atoms with Gasteiger partial charge in [-0.1, -0.05) is 32.0 Å². The quantitative estimate of drug-likeness (QED) is 0.782. The van der Waals surface area contributed by atoms with Crippen molar-refractivity contribution in [3.8, 4) is 0 Å². The number of amides is 3. The van der Waals surface area contributed by atoms with Crippen LogP contribution in [-0.2, 0) is 4.79 Å². The van der Waals surface area contributed by atoms with Gasteiger partial charge in [-0.05, 0) is 44.7 Å². The zero-order valence-electron chi connectivity index (χ0n) is 17.0. The summed E-state index contributed by atoms with van der Waals surface area (Å²) in [4.78, 5) is 26.8. The zero-order valence-corrected chi connectivity index (χ0v) is 17.0. The minimum absolute atomic E-state index is 0.0913. The maximum absolute atomic E-state index is 12.5. The highest BCUT2D eigenvalue weighted by atomic mass is 16.3. The molecule has 1 aliphatic heterocycles. The summed E-state index contributed by atoms with van der Waals surface area (Å²) in [6, 6.07) is 9.44. The third-order valence-electron chi connectivity index (χ3n) is 5.70. The van der Waals surface area contributed by atoms with Gasteiger partial charge in [-0.2, -0.15) is 0 Å². The molecule has 1 aliphatic rings. The van der Waals surface area contributed by atoms with E-state index >= 15 is 0 Å².